The normalized spacial score (nSPS) is 11.1. The smallest absolute Gasteiger partial charge is 0.194 e. The fourth-order valence-corrected chi connectivity index (χ4v) is 4.34. The number of hydrogen-bond acceptors (Lipinski definition) is 5. The Morgan fingerprint density at radius 1 is 0.846 bits per heavy atom. The Kier molecular flexibility index (Phi) is 3.77. The van der Waals surface area contributed by atoms with Gasteiger partial charge < -0.3 is 5.32 Å². The first kappa shape index (κ1) is 15.3. The number of benzene rings is 2. The molecule has 0 saturated heterocycles. The molecule has 0 spiro atoms. The van der Waals surface area contributed by atoms with E-state index in [2.05, 4.69) is 38.8 Å². The first-order chi connectivity index (χ1) is 12.9. The number of thiazole rings is 2. The van der Waals surface area contributed by atoms with Gasteiger partial charge in [-0.1, -0.05) is 48.5 Å². The Labute approximate surface area is 158 Å². The van der Waals surface area contributed by atoms with E-state index in [4.69, 9.17) is 9.97 Å². The van der Waals surface area contributed by atoms with Crippen LogP contribution in [0.3, 0.4) is 0 Å². The summed E-state index contributed by atoms with van der Waals surface area (Å²) < 4.78 is 2.12. The fourth-order valence-electron chi connectivity index (χ4n) is 2.91. The number of imidazole rings is 1. The third-order valence-electron chi connectivity index (χ3n) is 4.08. The van der Waals surface area contributed by atoms with E-state index in [1.165, 1.54) is 0 Å². The summed E-state index contributed by atoms with van der Waals surface area (Å²) >= 11 is 3.23. The van der Waals surface area contributed by atoms with Crippen LogP contribution < -0.4 is 5.32 Å². The summed E-state index contributed by atoms with van der Waals surface area (Å²) in [6.45, 7) is 0. The standard InChI is InChI=1S/C20H14N4S2/c1-3-7-14(8-4-1)17-18(24-11-12-25-20(24)23-17)16-13-26-19(22-16)21-15-9-5-2-6-10-15/h1-13H,(H,21,22). The highest BCUT2D eigenvalue weighted by molar-refractivity contribution is 7.15. The zero-order chi connectivity index (χ0) is 17.3. The maximum atomic E-state index is 4.84. The lowest BCUT2D eigenvalue weighted by Gasteiger charge is -2.03. The van der Waals surface area contributed by atoms with Crippen molar-refractivity contribution in [2.24, 2.45) is 0 Å². The molecule has 2 aromatic carbocycles. The van der Waals surface area contributed by atoms with Gasteiger partial charge in [-0.25, -0.2) is 9.97 Å². The Hall–Kier alpha value is -2.96. The highest BCUT2D eigenvalue weighted by Gasteiger charge is 2.19. The van der Waals surface area contributed by atoms with Crippen LogP contribution in [0.1, 0.15) is 0 Å². The molecule has 126 valence electrons. The Morgan fingerprint density at radius 3 is 2.42 bits per heavy atom. The number of nitrogens with one attached hydrogen (secondary N) is 1. The lowest BCUT2D eigenvalue weighted by Crippen LogP contribution is -1.91. The van der Waals surface area contributed by atoms with Crippen LogP contribution in [0.2, 0.25) is 0 Å². The molecule has 4 nitrogen and oxygen atoms in total. The van der Waals surface area contributed by atoms with Crippen LogP contribution in [0.5, 0.6) is 0 Å². The van der Waals surface area contributed by atoms with Crippen LogP contribution in [0.15, 0.2) is 77.6 Å². The fraction of sp³-hybridized carbons (Fsp3) is 0. The van der Waals surface area contributed by atoms with Gasteiger partial charge in [0.2, 0.25) is 0 Å². The van der Waals surface area contributed by atoms with Crippen LogP contribution in [0.4, 0.5) is 10.8 Å². The van der Waals surface area contributed by atoms with Gasteiger partial charge in [0.15, 0.2) is 10.1 Å². The molecule has 0 unspecified atom stereocenters. The average molecular weight is 374 g/mol. The Morgan fingerprint density at radius 2 is 1.62 bits per heavy atom. The maximum absolute atomic E-state index is 4.84. The molecule has 0 aliphatic heterocycles. The van der Waals surface area contributed by atoms with Crippen molar-refractivity contribution in [1.29, 1.82) is 0 Å². The average Bonchev–Trinajstić information content (AvgIpc) is 3.39. The lowest BCUT2D eigenvalue weighted by atomic mass is 10.1. The lowest BCUT2D eigenvalue weighted by molar-refractivity contribution is 1.21. The first-order valence-electron chi connectivity index (χ1n) is 8.17. The molecule has 5 aromatic rings. The summed E-state index contributed by atoms with van der Waals surface area (Å²) in [6, 6.07) is 20.4. The van der Waals surface area contributed by atoms with Crippen LogP contribution in [0.25, 0.3) is 27.6 Å². The maximum Gasteiger partial charge on any atom is 0.194 e. The minimum Gasteiger partial charge on any atom is -0.332 e. The summed E-state index contributed by atoms with van der Waals surface area (Å²) in [5.74, 6) is 0. The molecule has 1 N–H and O–H groups in total. The van der Waals surface area contributed by atoms with E-state index in [1.54, 1.807) is 22.7 Å². The third kappa shape index (κ3) is 2.69. The highest BCUT2D eigenvalue weighted by Crippen LogP contribution is 2.36. The van der Waals surface area contributed by atoms with Crippen LogP contribution in [-0.2, 0) is 0 Å². The molecule has 6 heteroatoms. The summed E-state index contributed by atoms with van der Waals surface area (Å²) in [6.07, 6.45) is 2.05. The molecule has 5 rings (SSSR count). The van der Waals surface area contributed by atoms with Crippen LogP contribution >= 0.6 is 22.7 Å². The van der Waals surface area contributed by atoms with Gasteiger partial charge in [-0.2, -0.15) is 0 Å². The number of aromatic nitrogens is 3. The first-order valence-corrected chi connectivity index (χ1v) is 9.93. The van der Waals surface area contributed by atoms with Gasteiger partial charge >= 0.3 is 0 Å². The predicted molar refractivity (Wildman–Crippen MR) is 109 cm³/mol. The van der Waals surface area contributed by atoms with Gasteiger partial charge in [0, 0.05) is 28.2 Å². The van der Waals surface area contributed by atoms with E-state index >= 15 is 0 Å². The molecule has 0 fully saturated rings. The Bertz CT molecular complexity index is 1160. The second kappa shape index (κ2) is 6.40. The highest BCUT2D eigenvalue weighted by atomic mass is 32.1. The van der Waals surface area contributed by atoms with Crippen molar-refractivity contribution >= 4 is 38.5 Å². The third-order valence-corrected chi connectivity index (χ3v) is 5.60. The van der Waals surface area contributed by atoms with E-state index in [0.29, 0.717) is 0 Å². The number of hydrogen-bond donors (Lipinski definition) is 1. The summed E-state index contributed by atoms with van der Waals surface area (Å²) in [7, 11) is 0. The van der Waals surface area contributed by atoms with E-state index in [0.717, 1.165) is 38.4 Å². The molecule has 0 radical (unpaired) electrons. The monoisotopic (exact) mass is 374 g/mol. The summed E-state index contributed by atoms with van der Waals surface area (Å²) in [4.78, 5) is 10.6. The molecule has 0 atom stereocenters. The van der Waals surface area contributed by atoms with Crippen LogP contribution in [0, 0.1) is 0 Å². The van der Waals surface area contributed by atoms with Crippen molar-refractivity contribution in [2.75, 3.05) is 5.32 Å². The van der Waals surface area contributed by atoms with Crippen molar-refractivity contribution in [3.8, 4) is 22.6 Å². The second-order valence-corrected chi connectivity index (χ2v) is 7.49. The molecule has 0 aliphatic rings. The molecule has 0 aliphatic carbocycles. The molecular formula is C20H14N4S2. The quantitative estimate of drug-likeness (QED) is 0.424. The number of nitrogens with zero attached hydrogens (tertiary/aromatic N) is 3. The van der Waals surface area contributed by atoms with Crippen molar-refractivity contribution in [3.05, 3.63) is 77.6 Å². The second-order valence-electron chi connectivity index (χ2n) is 5.76. The van der Waals surface area contributed by atoms with E-state index in [-0.39, 0.29) is 0 Å². The van der Waals surface area contributed by atoms with Gasteiger partial charge in [-0.15, -0.1) is 22.7 Å². The SMILES string of the molecule is c1ccc(Nc2nc(-c3c(-c4ccccc4)nc4sccn34)cs2)cc1. The molecule has 26 heavy (non-hydrogen) atoms. The zero-order valence-electron chi connectivity index (χ0n) is 13.7. The van der Waals surface area contributed by atoms with Crippen molar-refractivity contribution < 1.29 is 0 Å². The van der Waals surface area contributed by atoms with Gasteiger partial charge in [-0.3, -0.25) is 4.40 Å². The molecule has 3 aromatic heterocycles. The van der Waals surface area contributed by atoms with Crippen molar-refractivity contribution in [2.45, 2.75) is 0 Å². The van der Waals surface area contributed by atoms with Gasteiger partial charge in [-0.05, 0) is 12.1 Å². The van der Waals surface area contributed by atoms with Gasteiger partial charge in [0.25, 0.3) is 0 Å². The van der Waals surface area contributed by atoms with Crippen molar-refractivity contribution in [1.82, 2.24) is 14.4 Å². The Balaban J connectivity index is 1.60. The number of para-hydroxylation sites is 1. The van der Waals surface area contributed by atoms with Crippen molar-refractivity contribution in [3.63, 3.8) is 0 Å². The minimum atomic E-state index is 0.871. The number of fused-ring (bicyclic) bond motifs is 1. The predicted octanol–water partition coefficient (Wildman–Crippen LogP) is 5.93. The largest absolute Gasteiger partial charge is 0.332 e. The van der Waals surface area contributed by atoms with Gasteiger partial charge in [0.05, 0.1) is 5.69 Å². The van der Waals surface area contributed by atoms with Gasteiger partial charge in [0.1, 0.15) is 11.4 Å². The van der Waals surface area contributed by atoms with E-state index < -0.39 is 0 Å². The van der Waals surface area contributed by atoms with Crippen LogP contribution in [-0.4, -0.2) is 14.4 Å². The summed E-state index contributed by atoms with van der Waals surface area (Å²) in [5, 5.41) is 8.37. The minimum absolute atomic E-state index is 0.871. The number of anilines is 2. The molecule has 0 amide bonds. The molecule has 0 saturated carbocycles. The molecule has 0 bridgehead atoms. The van der Waals surface area contributed by atoms with E-state index in [1.807, 2.05) is 48.5 Å². The number of rotatable bonds is 4. The zero-order valence-corrected chi connectivity index (χ0v) is 15.3. The summed E-state index contributed by atoms with van der Waals surface area (Å²) in [5.41, 5.74) is 5.06. The van der Waals surface area contributed by atoms with E-state index in [9.17, 15) is 0 Å². The molecular weight excluding hydrogens is 360 g/mol. The topological polar surface area (TPSA) is 42.2 Å². The molecule has 3 heterocycles.